The number of anilines is 2. The molecule has 0 bridgehead atoms. The molecule has 0 saturated heterocycles. The molecule has 2 aromatic carbocycles. The molecule has 0 aliphatic heterocycles. The van der Waals surface area contributed by atoms with Crippen LogP contribution >= 0.6 is 0 Å². The normalized spacial score (nSPS) is 11.2. The first-order valence-corrected chi connectivity index (χ1v) is 7.52. The molecule has 0 spiro atoms. The highest BCUT2D eigenvalue weighted by atomic mass is 16.6. The second-order valence-corrected chi connectivity index (χ2v) is 5.04. The van der Waals surface area contributed by atoms with E-state index >= 15 is 0 Å². The van der Waals surface area contributed by atoms with Crippen molar-refractivity contribution >= 4 is 23.4 Å². The topological polar surface area (TPSA) is 55.8 Å². The number of hydrogen-bond donors (Lipinski definition) is 0. The van der Waals surface area contributed by atoms with Gasteiger partial charge in [-0.25, -0.2) is 14.5 Å². The van der Waals surface area contributed by atoms with Gasteiger partial charge < -0.3 is 9.47 Å². The predicted molar refractivity (Wildman–Crippen MR) is 92.1 cm³/mol. The van der Waals surface area contributed by atoms with E-state index in [9.17, 15) is 9.59 Å². The average molecular weight is 325 g/mol. The van der Waals surface area contributed by atoms with Gasteiger partial charge in [-0.3, -0.25) is 0 Å². The Labute approximate surface area is 141 Å². The van der Waals surface area contributed by atoms with Gasteiger partial charge in [0.05, 0.1) is 11.4 Å². The van der Waals surface area contributed by atoms with Crippen LogP contribution < -0.4 is 4.90 Å². The molecular formula is C19H19NO4. The molecule has 0 saturated carbocycles. The Hall–Kier alpha value is -3.08. The average Bonchev–Trinajstić information content (AvgIpc) is 2.61. The van der Waals surface area contributed by atoms with E-state index in [2.05, 4.69) is 6.58 Å². The summed E-state index contributed by atoms with van der Waals surface area (Å²) in [5.41, 5.74) is 1.37. The maximum absolute atomic E-state index is 12.6. The van der Waals surface area contributed by atoms with Gasteiger partial charge in [0.15, 0.2) is 0 Å². The fourth-order valence-electron chi connectivity index (χ4n) is 2.03. The molecular weight excluding hydrogens is 306 g/mol. The molecule has 1 unspecified atom stereocenters. The number of esters is 1. The monoisotopic (exact) mass is 325 g/mol. The summed E-state index contributed by atoms with van der Waals surface area (Å²) in [5.74, 6) is -0.555. The SMILES string of the molecule is C=CC(=O)OCC(C)OC(=O)N(c1ccccc1)c1ccccc1. The van der Waals surface area contributed by atoms with Crippen molar-refractivity contribution in [3.8, 4) is 0 Å². The fourth-order valence-corrected chi connectivity index (χ4v) is 2.03. The number of benzene rings is 2. The van der Waals surface area contributed by atoms with Gasteiger partial charge in [-0.2, -0.15) is 0 Å². The van der Waals surface area contributed by atoms with Crippen molar-refractivity contribution < 1.29 is 19.1 Å². The summed E-state index contributed by atoms with van der Waals surface area (Å²) >= 11 is 0. The van der Waals surface area contributed by atoms with E-state index in [1.807, 2.05) is 60.7 Å². The number of amides is 1. The summed E-state index contributed by atoms with van der Waals surface area (Å²) in [4.78, 5) is 25.2. The minimum absolute atomic E-state index is 0.0337. The molecule has 0 aliphatic rings. The molecule has 0 heterocycles. The number of para-hydroxylation sites is 2. The molecule has 0 aromatic heterocycles. The first-order chi connectivity index (χ1) is 11.6. The highest BCUT2D eigenvalue weighted by molar-refractivity contribution is 5.96. The van der Waals surface area contributed by atoms with Crippen molar-refractivity contribution in [3.63, 3.8) is 0 Å². The Morgan fingerprint density at radius 1 is 1.04 bits per heavy atom. The van der Waals surface area contributed by atoms with Gasteiger partial charge in [-0.1, -0.05) is 43.0 Å². The second kappa shape index (κ2) is 8.53. The molecule has 0 fully saturated rings. The molecule has 5 nitrogen and oxygen atoms in total. The Kier molecular flexibility index (Phi) is 6.14. The minimum Gasteiger partial charge on any atom is -0.459 e. The molecule has 2 aromatic rings. The van der Waals surface area contributed by atoms with Crippen molar-refractivity contribution in [2.75, 3.05) is 11.5 Å². The molecule has 1 atom stereocenters. The van der Waals surface area contributed by atoms with Crippen LogP contribution in [0.15, 0.2) is 73.3 Å². The van der Waals surface area contributed by atoms with E-state index in [-0.39, 0.29) is 6.61 Å². The third-order valence-electron chi connectivity index (χ3n) is 3.14. The van der Waals surface area contributed by atoms with Gasteiger partial charge in [-0.05, 0) is 31.2 Å². The van der Waals surface area contributed by atoms with Crippen LogP contribution in [0.1, 0.15) is 6.92 Å². The highest BCUT2D eigenvalue weighted by Crippen LogP contribution is 2.26. The van der Waals surface area contributed by atoms with Gasteiger partial charge in [0.1, 0.15) is 12.7 Å². The second-order valence-electron chi connectivity index (χ2n) is 5.04. The van der Waals surface area contributed by atoms with E-state index in [0.29, 0.717) is 11.4 Å². The maximum Gasteiger partial charge on any atom is 0.419 e. The molecule has 0 aliphatic carbocycles. The Balaban J connectivity index is 2.14. The van der Waals surface area contributed by atoms with Crippen molar-refractivity contribution in [1.29, 1.82) is 0 Å². The third-order valence-corrected chi connectivity index (χ3v) is 3.14. The number of carbonyl (C=O) groups excluding carboxylic acids is 2. The van der Waals surface area contributed by atoms with Crippen LogP contribution in [0.2, 0.25) is 0 Å². The summed E-state index contributed by atoms with van der Waals surface area (Å²) in [6.45, 7) is 4.94. The zero-order valence-electron chi connectivity index (χ0n) is 13.4. The van der Waals surface area contributed by atoms with Crippen LogP contribution in [0.25, 0.3) is 0 Å². The van der Waals surface area contributed by atoms with Crippen LogP contribution in [0, 0.1) is 0 Å². The molecule has 24 heavy (non-hydrogen) atoms. The minimum atomic E-state index is -0.587. The zero-order valence-corrected chi connectivity index (χ0v) is 13.4. The smallest absolute Gasteiger partial charge is 0.419 e. The van der Waals surface area contributed by atoms with Gasteiger partial charge in [0.25, 0.3) is 0 Å². The van der Waals surface area contributed by atoms with Crippen molar-refractivity contribution in [2.45, 2.75) is 13.0 Å². The highest BCUT2D eigenvalue weighted by Gasteiger charge is 2.21. The quantitative estimate of drug-likeness (QED) is 0.593. The third kappa shape index (κ3) is 4.71. The first-order valence-electron chi connectivity index (χ1n) is 7.52. The lowest BCUT2D eigenvalue weighted by molar-refractivity contribution is -0.140. The molecule has 0 N–H and O–H groups in total. The van der Waals surface area contributed by atoms with Gasteiger partial charge in [-0.15, -0.1) is 0 Å². The molecule has 124 valence electrons. The molecule has 5 heteroatoms. The summed E-state index contributed by atoms with van der Waals surface area (Å²) in [7, 11) is 0. The van der Waals surface area contributed by atoms with Crippen LogP contribution in [0.3, 0.4) is 0 Å². The summed E-state index contributed by atoms with van der Waals surface area (Å²) < 4.78 is 10.3. The van der Waals surface area contributed by atoms with Crippen molar-refractivity contribution in [2.24, 2.45) is 0 Å². The van der Waals surface area contributed by atoms with Crippen molar-refractivity contribution in [3.05, 3.63) is 73.3 Å². The van der Waals surface area contributed by atoms with Crippen molar-refractivity contribution in [1.82, 2.24) is 0 Å². The van der Waals surface area contributed by atoms with Crippen LogP contribution in [0.4, 0.5) is 16.2 Å². The summed E-state index contributed by atoms with van der Waals surface area (Å²) in [6.07, 6.45) is -0.0692. The summed E-state index contributed by atoms with van der Waals surface area (Å²) in [6, 6.07) is 18.4. The Morgan fingerprint density at radius 2 is 1.54 bits per heavy atom. The van der Waals surface area contributed by atoms with Crippen LogP contribution in [-0.2, 0) is 14.3 Å². The van der Waals surface area contributed by atoms with Crippen LogP contribution in [0.5, 0.6) is 0 Å². The lowest BCUT2D eigenvalue weighted by Gasteiger charge is -2.24. The predicted octanol–water partition coefficient (Wildman–Crippen LogP) is 4.08. The lowest BCUT2D eigenvalue weighted by atomic mass is 10.2. The van der Waals surface area contributed by atoms with E-state index < -0.39 is 18.2 Å². The zero-order chi connectivity index (χ0) is 17.4. The first kappa shape index (κ1) is 17.3. The number of carbonyl (C=O) groups is 2. The molecule has 1 amide bonds. The van der Waals surface area contributed by atoms with Gasteiger partial charge >= 0.3 is 12.1 Å². The van der Waals surface area contributed by atoms with Gasteiger partial charge in [0, 0.05) is 6.08 Å². The lowest BCUT2D eigenvalue weighted by Crippen LogP contribution is -2.31. The standard InChI is InChI=1S/C19H19NO4/c1-3-18(21)23-14-15(2)24-19(22)20(16-10-6-4-7-11-16)17-12-8-5-9-13-17/h3-13,15H,1,14H2,2H3. The fraction of sp³-hybridized carbons (Fsp3) is 0.158. The Bertz CT molecular complexity index is 646. The van der Waals surface area contributed by atoms with E-state index in [1.54, 1.807) is 6.92 Å². The van der Waals surface area contributed by atoms with E-state index in [0.717, 1.165) is 6.08 Å². The number of rotatable bonds is 6. The Morgan fingerprint density at radius 3 is 2.00 bits per heavy atom. The molecule has 0 radical (unpaired) electrons. The number of nitrogens with zero attached hydrogens (tertiary/aromatic N) is 1. The molecule has 2 rings (SSSR count). The van der Waals surface area contributed by atoms with Gasteiger partial charge in [0.2, 0.25) is 0 Å². The maximum atomic E-state index is 12.6. The number of hydrogen-bond acceptors (Lipinski definition) is 4. The van der Waals surface area contributed by atoms with Crippen LogP contribution in [-0.4, -0.2) is 24.8 Å². The summed E-state index contributed by atoms with van der Waals surface area (Å²) in [5, 5.41) is 0. The van der Waals surface area contributed by atoms with E-state index in [1.165, 1.54) is 4.90 Å². The largest absolute Gasteiger partial charge is 0.459 e. The van der Waals surface area contributed by atoms with E-state index in [4.69, 9.17) is 9.47 Å². The number of ether oxygens (including phenoxy) is 2.